The van der Waals surface area contributed by atoms with E-state index in [9.17, 15) is 4.79 Å². The molecule has 0 bridgehead atoms. The number of carbonyl (C=O) groups is 1. The first-order chi connectivity index (χ1) is 12.3. The third kappa shape index (κ3) is 4.51. The van der Waals surface area contributed by atoms with Gasteiger partial charge < -0.3 is 15.5 Å². The smallest absolute Gasteiger partial charge is 0.309 e. The van der Waals surface area contributed by atoms with E-state index in [1.54, 1.807) is 0 Å². The summed E-state index contributed by atoms with van der Waals surface area (Å²) >= 11 is 0. The van der Waals surface area contributed by atoms with Gasteiger partial charge in [0, 0.05) is 6.42 Å². The van der Waals surface area contributed by atoms with Crippen molar-refractivity contribution in [3.63, 3.8) is 0 Å². The molecule has 7 heteroatoms. The number of nitrogens with two attached hydrogens (primary N) is 1. The molecule has 3 rings (SSSR count). The molecule has 0 radical (unpaired) electrons. The van der Waals surface area contributed by atoms with Crippen LogP contribution in [0.1, 0.15) is 58.7 Å². The highest BCUT2D eigenvalue weighted by molar-refractivity contribution is 5.81. The van der Waals surface area contributed by atoms with Crippen LogP contribution in [0.3, 0.4) is 0 Å². The van der Waals surface area contributed by atoms with Gasteiger partial charge >= 0.3 is 5.97 Å². The third-order valence-corrected chi connectivity index (χ3v) is 4.49. The van der Waals surface area contributed by atoms with E-state index in [-0.39, 0.29) is 11.9 Å². The summed E-state index contributed by atoms with van der Waals surface area (Å²) in [4.78, 5) is 27.6. The van der Waals surface area contributed by atoms with E-state index >= 15 is 0 Å². The van der Waals surface area contributed by atoms with E-state index in [2.05, 4.69) is 31.8 Å². The first-order valence-electron chi connectivity index (χ1n) is 9.00. The van der Waals surface area contributed by atoms with Crippen molar-refractivity contribution in [2.75, 3.05) is 5.73 Å². The molecule has 2 heterocycles. The zero-order chi connectivity index (χ0) is 18.7. The lowest BCUT2D eigenvalue weighted by atomic mass is 9.80. The number of imidazole rings is 1. The van der Waals surface area contributed by atoms with Gasteiger partial charge in [0.15, 0.2) is 11.5 Å². The summed E-state index contributed by atoms with van der Waals surface area (Å²) in [6, 6.07) is 0. The second-order valence-electron chi connectivity index (χ2n) is 7.79. The Morgan fingerprint density at radius 3 is 2.73 bits per heavy atom. The van der Waals surface area contributed by atoms with Gasteiger partial charge in [0.2, 0.25) is 5.82 Å². The maximum Gasteiger partial charge on any atom is 0.309 e. The molecule has 1 saturated carbocycles. The summed E-state index contributed by atoms with van der Waals surface area (Å²) in [5.74, 6) is 7.32. The number of rotatable bonds is 2. The number of nitrogens with zero attached hydrogens (tertiary/aromatic N) is 3. The van der Waals surface area contributed by atoms with E-state index in [4.69, 9.17) is 10.5 Å². The molecule has 0 aliphatic heterocycles. The molecule has 0 amide bonds. The van der Waals surface area contributed by atoms with Crippen LogP contribution in [0.15, 0.2) is 6.33 Å². The van der Waals surface area contributed by atoms with Crippen LogP contribution < -0.4 is 5.73 Å². The molecule has 0 spiro atoms. The molecule has 0 aromatic carbocycles. The van der Waals surface area contributed by atoms with Crippen LogP contribution in [-0.2, 0) is 9.53 Å². The minimum Gasteiger partial charge on any atom is -0.460 e. The predicted octanol–water partition coefficient (Wildman–Crippen LogP) is 2.82. The molecule has 7 nitrogen and oxygen atoms in total. The Morgan fingerprint density at radius 2 is 2.04 bits per heavy atom. The number of nitrogens with one attached hydrogen (secondary N) is 1. The van der Waals surface area contributed by atoms with Crippen LogP contribution in [-0.4, -0.2) is 31.5 Å². The fourth-order valence-corrected chi connectivity index (χ4v) is 3.17. The molecule has 0 saturated heterocycles. The molecule has 1 aliphatic rings. The second-order valence-corrected chi connectivity index (χ2v) is 7.79. The Bertz CT molecular complexity index is 848. The van der Waals surface area contributed by atoms with Crippen LogP contribution in [0.25, 0.3) is 11.2 Å². The normalized spacial score (nSPS) is 20.4. The Morgan fingerprint density at radius 1 is 1.31 bits per heavy atom. The van der Waals surface area contributed by atoms with Gasteiger partial charge in [0.05, 0.1) is 12.2 Å². The molecule has 138 valence electrons. The lowest BCUT2D eigenvalue weighted by Gasteiger charge is -2.29. The van der Waals surface area contributed by atoms with Gasteiger partial charge in [0.1, 0.15) is 11.1 Å². The Kier molecular flexibility index (Phi) is 5.12. The summed E-state index contributed by atoms with van der Waals surface area (Å²) in [6.07, 6.45) is 6.01. The number of esters is 1. The van der Waals surface area contributed by atoms with Crippen molar-refractivity contribution >= 4 is 23.0 Å². The fraction of sp³-hybridized carbons (Fsp3) is 0.579. The van der Waals surface area contributed by atoms with E-state index in [0.717, 1.165) is 32.1 Å². The van der Waals surface area contributed by atoms with Crippen molar-refractivity contribution in [1.29, 1.82) is 0 Å². The highest BCUT2D eigenvalue weighted by Crippen LogP contribution is 2.32. The minimum atomic E-state index is -0.420. The monoisotopic (exact) mass is 355 g/mol. The minimum absolute atomic E-state index is 0.0173. The molecule has 3 N–H and O–H groups in total. The molecule has 2 aromatic heterocycles. The van der Waals surface area contributed by atoms with Crippen LogP contribution in [0, 0.1) is 23.7 Å². The van der Waals surface area contributed by atoms with Gasteiger partial charge in [-0.2, -0.15) is 4.98 Å². The summed E-state index contributed by atoms with van der Waals surface area (Å²) in [6.45, 7) is 5.71. The lowest BCUT2D eigenvalue weighted by Crippen LogP contribution is -2.30. The highest BCUT2D eigenvalue weighted by atomic mass is 16.6. The maximum atomic E-state index is 12.1. The lowest BCUT2D eigenvalue weighted by molar-refractivity contribution is -0.161. The van der Waals surface area contributed by atoms with Crippen LogP contribution in [0.4, 0.5) is 5.82 Å². The number of hydrogen-bond acceptors (Lipinski definition) is 6. The fourth-order valence-electron chi connectivity index (χ4n) is 3.17. The number of ether oxygens (including phenoxy) is 1. The summed E-state index contributed by atoms with van der Waals surface area (Å²) < 4.78 is 5.49. The van der Waals surface area contributed by atoms with Crippen molar-refractivity contribution in [2.45, 2.75) is 58.5 Å². The number of anilines is 1. The molecule has 0 unspecified atom stereocenters. The van der Waals surface area contributed by atoms with Crippen molar-refractivity contribution in [3.05, 3.63) is 12.2 Å². The van der Waals surface area contributed by atoms with E-state index < -0.39 is 5.60 Å². The van der Waals surface area contributed by atoms with Crippen molar-refractivity contribution in [3.8, 4) is 11.8 Å². The average molecular weight is 355 g/mol. The first-order valence-corrected chi connectivity index (χ1v) is 9.00. The largest absolute Gasteiger partial charge is 0.460 e. The molecule has 2 aromatic rings. The molecule has 26 heavy (non-hydrogen) atoms. The van der Waals surface area contributed by atoms with Crippen LogP contribution in [0.2, 0.25) is 0 Å². The maximum absolute atomic E-state index is 12.1. The number of H-pyrrole nitrogens is 1. The highest BCUT2D eigenvalue weighted by Gasteiger charge is 2.29. The van der Waals surface area contributed by atoms with E-state index in [1.165, 1.54) is 6.33 Å². The number of aromatic amines is 1. The average Bonchev–Trinajstić information content (AvgIpc) is 3.03. The number of hydrogen-bond donors (Lipinski definition) is 2. The molecular weight excluding hydrogens is 330 g/mol. The number of fused-ring (bicyclic) bond motifs is 1. The van der Waals surface area contributed by atoms with Crippen LogP contribution >= 0.6 is 0 Å². The molecule has 1 aliphatic carbocycles. The molecule has 1 fully saturated rings. The van der Waals surface area contributed by atoms with Gasteiger partial charge in [-0.1, -0.05) is 5.92 Å². The molecular formula is C19H25N5O2. The SMILES string of the molecule is CC(C)(C)OC(=O)C1CCC(CC#Cc2nc(N)c3[nH]cnc3n2)CC1. The zero-order valence-corrected chi connectivity index (χ0v) is 15.5. The Hall–Kier alpha value is -2.62. The van der Waals surface area contributed by atoms with Gasteiger partial charge in [0.25, 0.3) is 0 Å². The van der Waals surface area contributed by atoms with Gasteiger partial charge in [-0.25, -0.2) is 9.97 Å². The van der Waals surface area contributed by atoms with E-state index in [1.807, 2.05) is 20.8 Å². The third-order valence-electron chi connectivity index (χ3n) is 4.49. The topological polar surface area (TPSA) is 107 Å². The Labute approximate surface area is 153 Å². The van der Waals surface area contributed by atoms with Crippen molar-refractivity contribution in [1.82, 2.24) is 19.9 Å². The number of nitrogen functional groups attached to an aromatic ring is 1. The number of aromatic nitrogens is 4. The zero-order valence-electron chi connectivity index (χ0n) is 15.5. The quantitative estimate of drug-likeness (QED) is 0.634. The van der Waals surface area contributed by atoms with Crippen molar-refractivity contribution in [2.24, 2.45) is 11.8 Å². The van der Waals surface area contributed by atoms with Crippen LogP contribution in [0.5, 0.6) is 0 Å². The van der Waals surface area contributed by atoms with Gasteiger partial charge in [-0.15, -0.1) is 0 Å². The summed E-state index contributed by atoms with van der Waals surface area (Å²) in [5.41, 5.74) is 6.61. The first kappa shape index (κ1) is 18.2. The van der Waals surface area contributed by atoms with Gasteiger partial charge in [-0.05, 0) is 58.3 Å². The standard InChI is InChI=1S/C19H25N5O2/c1-19(2,3)26-18(25)13-9-7-12(8-10-13)5-4-6-14-23-16(20)15-17(24-14)22-11-21-15/h11-13H,5,7-10H2,1-3H3,(H3,20,21,22,23,24). The van der Waals surface area contributed by atoms with Crippen molar-refractivity contribution < 1.29 is 9.53 Å². The second kappa shape index (κ2) is 7.32. The summed E-state index contributed by atoms with van der Waals surface area (Å²) in [7, 11) is 0. The molecule has 0 atom stereocenters. The summed E-state index contributed by atoms with van der Waals surface area (Å²) in [5, 5.41) is 0. The Balaban J connectivity index is 1.52. The van der Waals surface area contributed by atoms with E-state index in [0.29, 0.717) is 28.7 Å². The number of carbonyl (C=O) groups excluding carboxylic acids is 1. The predicted molar refractivity (Wildman–Crippen MR) is 98.9 cm³/mol. The van der Waals surface area contributed by atoms with Gasteiger partial charge in [-0.3, -0.25) is 4.79 Å².